The lowest BCUT2D eigenvalue weighted by molar-refractivity contribution is -0.711. The monoisotopic (exact) mass is 216 g/mol. The Bertz CT molecular complexity index is 496. The molecule has 2 nitrogen and oxygen atoms in total. The maximum atomic E-state index is 13.3. The Morgan fingerprint density at radius 1 is 1.06 bits per heavy atom. The fraction of sp³-hybridized carbons (Fsp3) is 0.0769. The van der Waals surface area contributed by atoms with Gasteiger partial charge in [0.15, 0.2) is 6.20 Å². The van der Waals surface area contributed by atoms with E-state index in [1.807, 2.05) is 6.07 Å². The molecule has 1 aromatic carbocycles. The molecule has 0 unspecified atom stereocenters. The van der Waals surface area contributed by atoms with Crippen LogP contribution in [-0.4, -0.2) is 5.78 Å². The van der Waals surface area contributed by atoms with Crippen molar-refractivity contribution in [3.05, 3.63) is 66.2 Å². The molecule has 16 heavy (non-hydrogen) atoms. The van der Waals surface area contributed by atoms with E-state index in [9.17, 15) is 9.18 Å². The molecule has 0 saturated heterocycles. The lowest BCUT2D eigenvalue weighted by atomic mass is 10.1. The van der Waals surface area contributed by atoms with Gasteiger partial charge in [-0.05, 0) is 6.07 Å². The summed E-state index contributed by atoms with van der Waals surface area (Å²) in [7, 11) is 0. The van der Waals surface area contributed by atoms with Crippen LogP contribution in [0.4, 0.5) is 4.39 Å². The Labute approximate surface area is 93.0 Å². The highest BCUT2D eigenvalue weighted by Gasteiger charge is 2.15. The third kappa shape index (κ3) is 2.31. The van der Waals surface area contributed by atoms with Gasteiger partial charge in [-0.1, -0.05) is 30.3 Å². The van der Waals surface area contributed by atoms with Crippen LogP contribution in [0.1, 0.15) is 10.4 Å². The van der Waals surface area contributed by atoms with Crippen LogP contribution >= 0.6 is 0 Å². The normalized spacial score (nSPS) is 10.1. The molecule has 0 spiro atoms. The highest BCUT2D eigenvalue weighted by Crippen LogP contribution is 2.00. The van der Waals surface area contributed by atoms with Crippen LogP contribution in [0.3, 0.4) is 0 Å². The number of aromatic nitrogens is 1. The van der Waals surface area contributed by atoms with Gasteiger partial charge in [-0.25, -0.2) is 0 Å². The van der Waals surface area contributed by atoms with Crippen molar-refractivity contribution < 1.29 is 13.8 Å². The lowest BCUT2D eigenvalue weighted by Gasteiger charge is -1.98. The molecule has 0 atom stereocenters. The van der Waals surface area contributed by atoms with Gasteiger partial charge >= 0.3 is 5.95 Å². The molecule has 0 bridgehead atoms. The number of ketones is 1. The van der Waals surface area contributed by atoms with Crippen molar-refractivity contribution in [2.45, 2.75) is 6.54 Å². The molecule has 0 aliphatic heterocycles. The number of halogens is 1. The Morgan fingerprint density at radius 2 is 1.75 bits per heavy atom. The zero-order valence-corrected chi connectivity index (χ0v) is 8.64. The van der Waals surface area contributed by atoms with Crippen LogP contribution in [0, 0.1) is 5.95 Å². The van der Waals surface area contributed by atoms with Crippen molar-refractivity contribution >= 4 is 5.78 Å². The molecule has 0 saturated carbocycles. The largest absolute Gasteiger partial charge is 0.359 e. The summed E-state index contributed by atoms with van der Waals surface area (Å²) in [6.45, 7) is 0.0245. The van der Waals surface area contributed by atoms with Crippen LogP contribution < -0.4 is 4.57 Å². The molecule has 0 N–H and O–H groups in total. The molecule has 3 heteroatoms. The highest BCUT2D eigenvalue weighted by atomic mass is 19.1. The number of benzene rings is 1. The fourth-order valence-electron chi connectivity index (χ4n) is 1.45. The molecule has 0 radical (unpaired) electrons. The molecule has 80 valence electrons. The molecule has 0 aliphatic rings. The second kappa shape index (κ2) is 4.66. The SMILES string of the molecule is O=C(C[n+]1ccccc1F)c1ccccc1. The summed E-state index contributed by atoms with van der Waals surface area (Å²) in [6.07, 6.45) is 1.55. The Hall–Kier alpha value is -2.03. The summed E-state index contributed by atoms with van der Waals surface area (Å²) < 4.78 is 14.6. The number of Topliss-reactive ketones (excluding diaryl/α,β-unsaturated/α-hetero) is 1. The summed E-state index contributed by atoms with van der Waals surface area (Å²) in [5, 5.41) is 0. The van der Waals surface area contributed by atoms with E-state index in [1.54, 1.807) is 42.6 Å². The molecule has 1 heterocycles. The minimum absolute atomic E-state index is 0.0245. The van der Waals surface area contributed by atoms with Crippen LogP contribution in [0.2, 0.25) is 0 Å². The third-order valence-electron chi connectivity index (χ3n) is 2.29. The van der Waals surface area contributed by atoms with Crippen molar-refractivity contribution in [3.63, 3.8) is 0 Å². The number of nitrogens with zero attached hydrogens (tertiary/aromatic N) is 1. The topological polar surface area (TPSA) is 20.9 Å². The van der Waals surface area contributed by atoms with Crippen molar-refractivity contribution in [1.29, 1.82) is 0 Å². The average molecular weight is 216 g/mol. The first-order chi connectivity index (χ1) is 7.77. The van der Waals surface area contributed by atoms with E-state index in [-0.39, 0.29) is 12.3 Å². The van der Waals surface area contributed by atoms with Crippen LogP contribution in [0.15, 0.2) is 54.7 Å². The quantitative estimate of drug-likeness (QED) is 0.436. The van der Waals surface area contributed by atoms with Gasteiger partial charge in [-0.15, -0.1) is 4.39 Å². The number of hydrogen-bond donors (Lipinski definition) is 0. The standard InChI is InChI=1S/C13H11FNO/c14-13-8-4-5-9-15(13)10-12(16)11-6-2-1-3-7-11/h1-9H,10H2/q+1. The average Bonchev–Trinajstić information content (AvgIpc) is 2.33. The van der Waals surface area contributed by atoms with Gasteiger partial charge < -0.3 is 0 Å². The first-order valence-electron chi connectivity index (χ1n) is 4.99. The second-order valence-electron chi connectivity index (χ2n) is 3.44. The van der Waals surface area contributed by atoms with E-state index < -0.39 is 5.95 Å². The third-order valence-corrected chi connectivity index (χ3v) is 2.29. The summed E-state index contributed by atoms with van der Waals surface area (Å²) in [5.74, 6) is -0.512. The molecule has 1 aromatic heterocycles. The van der Waals surface area contributed by atoms with Crippen molar-refractivity contribution in [1.82, 2.24) is 0 Å². The number of hydrogen-bond acceptors (Lipinski definition) is 1. The summed E-state index contributed by atoms with van der Waals surface area (Å²) in [4.78, 5) is 11.8. The van der Waals surface area contributed by atoms with E-state index >= 15 is 0 Å². The molecule has 2 aromatic rings. The van der Waals surface area contributed by atoms with E-state index in [2.05, 4.69) is 0 Å². The Kier molecular flexibility index (Phi) is 3.05. The van der Waals surface area contributed by atoms with Gasteiger partial charge in [0.25, 0.3) is 0 Å². The maximum absolute atomic E-state index is 13.3. The second-order valence-corrected chi connectivity index (χ2v) is 3.44. The van der Waals surface area contributed by atoms with E-state index in [1.165, 1.54) is 10.6 Å². The summed E-state index contributed by atoms with van der Waals surface area (Å²) >= 11 is 0. The van der Waals surface area contributed by atoms with Crippen LogP contribution in [0.25, 0.3) is 0 Å². The summed E-state index contributed by atoms with van der Waals surface area (Å²) in [5.41, 5.74) is 0.596. The number of carbonyl (C=O) groups is 1. The fourth-order valence-corrected chi connectivity index (χ4v) is 1.45. The zero-order valence-electron chi connectivity index (χ0n) is 8.64. The molecule has 0 aliphatic carbocycles. The number of pyridine rings is 1. The van der Waals surface area contributed by atoms with Crippen LogP contribution in [0.5, 0.6) is 0 Å². The van der Waals surface area contributed by atoms with Crippen molar-refractivity contribution in [2.24, 2.45) is 0 Å². The van der Waals surface area contributed by atoms with Gasteiger partial charge in [0.2, 0.25) is 12.3 Å². The van der Waals surface area contributed by atoms with E-state index in [0.29, 0.717) is 5.56 Å². The Morgan fingerprint density at radius 3 is 2.44 bits per heavy atom. The molecular formula is C13H11FNO+. The number of rotatable bonds is 3. The molecular weight excluding hydrogens is 205 g/mol. The van der Waals surface area contributed by atoms with Gasteiger partial charge in [0, 0.05) is 17.7 Å². The van der Waals surface area contributed by atoms with Crippen molar-refractivity contribution in [2.75, 3.05) is 0 Å². The minimum Gasteiger partial charge on any atom is -0.287 e. The smallest absolute Gasteiger partial charge is 0.287 e. The van der Waals surface area contributed by atoms with Crippen molar-refractivity contribution in [3.8, 4) is 0 Å². The molecule has 0 amide bonds. The van der Waals surface area contributed by atoms with Gasteiger partial charge in [0.05, 0.1) is 0 Å². The first kappa shape index (κ1) is 10.5. The van der Waals surface area contributed by atoms with E-state index in [4.69, 9.17) is 0 Å². The predicted molar refractivity (Wildman–Crippen MR) is 57.4 cm³/mol. The maximum Gasteiger partial charge on any atom is 0.359 e. The lowest BCUT2D eigenvalue weighted by Crippen LogP contribution is -2.41. The number of carbonyl (C=O) groups excluding carboxylic acids is 1. The van der Waals surface area contributed by atoms with Gasteiger partial charge in [-0.2, -0.15) is 4.57 Å². The zero-order chi connectivity index (χ0) is 11.4. The van der Waals surface area contributed by atoms with Crippen LogP contribution in [-0.2, 0) is 6.54 Å². The molecule has 0 fully saturated rings. The minimum atomic E-state index is -0.410. The predicted octanol–water partition coefficient (Wildman–Crippen LogP) is 2.00. The van der Waals surface area contributed by atoms with Gasteiger partial charge in [-0.3, -0.25) is 4.79 Å². The van der Waals surface area contributed by atoms with E-state index in [0.717, 1.165) is 0 Å². The molecule has 2 rings (SSSR count). The highest BCUT2D eigenvalue weighted by molar-refractivity contribution is 5.94. The Balaban J connectivity index is 2.18. The first-order valence-corrected chi connectivity index (χ1v) is 4.99. The van der Waals surface area contributed by atoms with Gasteiger partial charge in [0.1, 0.15) is 0 Å². The summed E-state index contributed by atoms with van der Waals surface area (Å²) in [6, 6.07) is 13.5.